The van der Waals surface area contributed by atoms with E-state index in [9.17, 15) is 14.9 Å². The van der Waals surface area contributed by atoms with Crippen molar-refractivity contribution in [2.75, 3.05) is 0 Å². The van der Waals surface area contributed by atoms with Gasteiger partial charge in [0.1, 0.15) is 5.02 Å². The maximum atomic E-state index is 12.3. The summed E-state index contributed by atoms with van der Waals surface area (Å²) >= 11 is 5.97. The van der Waals surface area contributed by atoms with E-state index in [1.165, 1.54) is 18.2 Å². The van der Waals surface area contributed by atoms with Crippen LogP contribution >= 0.6 is 11.6 Å². The number of hydrogen-bond acceptors (Lipinski definition) is 3. The van der Waals surface area contributed by atoms with E-state index < -0.39 is 4.92 Å². The molecule has 0 aromatic heterocycles. The van der Waals surface area contributed by atoms with E-state index in [1.54, 1.807) is 0 Å². The second-order valence-corrected chi connectivity index (χ2v) is 5.95. The molecule has 2 fully saturated rings. The minimum absolute atomic E-state index is 0.0830. The Morgan fingerprint density at radius 3 is 2.40 bits per heavy atom. The van der Waals surface area contributed by atoms with Gasteiger partial charge in [0.25, 0.3) is 11.6 Å². The largest absolute Gasteiger partial charge is 0.349 e. The van der Waals surface area contributed by atoms with Crippen molar-refractivity contribution >= 4 is 23.2 Å². The van der Waals surface area contributed by atoms with Crippen molar-refractivity contribution in [3.63, 3.8) is 0 Å². The van der Waals surface area contributed by atoms with E-state index in [-0.39, 0.29) is 28.2 Å². The zero-order chi connectivity index (χ0) is 14.3. The summed E-state index contributed by atoms with van der Waals surface area (Å²) in [6.07, 6.45) is 4.63. The summed E-state index contributed by atoms with van der Waals surface area (Å²) in [4.78, 5) is 22.6. The number of benzene rings is 1. The van der Waals surface area contributed by atoms with Crippen molar-refractivity contribution < 1.29 is 9.72 Å². The molecule has 1 amide bonds. The molecule has 2 aliphatic rings. The number of nitrogens with zero attached hydrogens (tertiary/aromatic N) is 1. The molecule has 20 heavy (non-hydrogen) atoms. The van der Waals surface area contributed by atoms with Gasteiger partial charge >= 0.3 is 0 Å². The van der Waals surface area contributed by atoms with Gasteiger partial charge in [0.15, 0.2) is 0 Å². The first-order valence-electron chi connectivity index (χ1n) is 6.81. The second-order valence-electron chi connectivity index (χ2n) is 5.57. The Morgan fingerprint density at radius 1 is 1.30 bits per heavy atom. The molecule has 0 bridgehead atoms. The second kappa shape index (κ2) is 5.05. The van der Waals surface area contributed by atoms with Gasteiger partial charge in [-0.2, -0.15) is 0 Å². The molecule has 2 aliphatic carbocycles. The molecule has 2 saturated carbocycles. The highest BCUT2D eigenvalue weighted by molar-refractivity contribution is 6.35. The van der Waals surface area contributed by atoms with Crippen molar-refractivity contribution in [2.45, 2.75) is 31.7 Å². The van der Waals surface area contributed by atoms with Gasteiger partial charge in [-0.25, -0.2) is 0 Å². The fraction of sp³-hybridized carbons (Fsp3) is 0.500. The number of carbonyl (C=O) groups is 1. The van der Waals surface area contributed by atoms with Gasteiger partial charge in [0.05, 0.1) is 10.5 Å². The van der Waals surface area contributed by atoms with Crippen LogP contribution in [0.1, 0.15) is 36.0 Å². The number of halogens is 1. The van der Waals surface area contributed by atoms with Gasteiger partial charge in [-0.05, 0) is 43.6 Å². The molecule has 5 nitrogen and oxygen atoms in total. The first-order valence-corrected chi connectivity index (χ1v) is 7.19. The van der Waals surface area contributed by atoms with Crippen molar-refractivity contribution in [3.8, 4) is 0 Å². The van der Waals surface area contributed by atoms with Crippen LogP contribution in [0.5, 0.6) is 0 Å². The third-order valence-electron chi connectivity index (χ3n) is 3.98. The molecule has 0 atom stereocenters. The molecule has 0 aliphatic heterocycles. The Bertz CT molecular complexity index is 556. The number of amides is 1. The van der Waals surface area contributed by atoms with Crippen molar-refractivity contribution in [1.82, 2.24) is 5.32 Å². The summed E-state index contributed by atoms with van der Waals surface area (Å²) in [5, 5.41) is 13.8. The number of nitro benzene ring substituents is 1. The monoisotopic (exact) mass is 294 g/mol. The lowest BCUT2D eigenvalue weighted by Crippen LogP contribution is -2.38. The zero-order valence-corrected chi connectivity index (χ0v) is 11.6. The van der Waals surface area contributed by atoms with Crippen LogP contribution in [0.4, 0.5) is 5.69 Å². The van der Waals surface area contributed by atoms with E-state index in [0.29, 0.717) is 11.8 Å². The predicted molar refractivity (Wildman–Crippen MR) is 74.8 cm³/mol. The summed E-state index contributed by atoms with van der Waals surface area (Å²) in [7, 11) is 0. The van der Waals surface area contributed by atoms with Gasteiger partial charge < -0.3 is 5.32 Å². The van der Waals surface area contributed by atoms with Crippen LogP contribution in [-0.2, 0) is 0 Å². The van der Waals surface area contributed by atoms with Crippen LogP contribution in [0.2, 0.25) is 5.02 Å². The molecule has 1 N–H and O–H groups in total. The van der Waals surface area contributed by atoms with Crippen LogP contribution < -0.4 is 5.32 Å². The van der Waals surface area contributed by atoms with Crippen LogP contribution in [0.15, 0.2) is 18.2 Å². The summed E-state index contributed by atoms with van der Waals surface area (Å²) < 4.78 is 0. The minimum atomic E-state index is -0.571. The van der Waals surface area contributed by atoms with Gasteiger partial charge in [0, 0.05) is 12.1 Å². The van der Waals surface area contributed by atoms with E-state index in [1.807, 2.05) is 0 Å². The highest BCUT2D eigenvalue weighted by atomic mass is 35.5. The SMILES string of the molecule is O=C(NC(C1CC1)C1CC1)c1cccc([N+](=O)[O-])c1Cl. The van der Waals surface area contributed by atoms with Crippen LogP contribution in [0, 0.1) is 22.0 Å². The first-order chi connectivity index (χ1) is 9.58. The van der Waals surface area contributed by atoms with Crippen molar-refractivity contribution in [1.29, 1.82) is 0 Å². The Labute approximate surface area is 121 Å². The number of rotatable bonds is 5. The number of nitrogens with one attached hydrogen (secondary N) is 1. The van der Waals surface area contributed by atoms with Gasteiger partial charge in [-0.1, -0.05) is 17.7 Å². The average Bonchev–Trinajstić information content (AvgIpc) is 3.28. The quantitative estimate of drug-likeness (QED) is 0.669. The molecule has 6 heteroatoms. The van der Waals surface area contributed by atoms with Gasteiger partial charge in [-0.3, -0.25) is 14.9 Å². The van der Waals surface area contributed by atoms with Crippen LogP contribution in [0.25, 0.3) is 0 Å². The third-order valence-corrected chi connectivity index (χ3v) is 4.37. The lowest BCUT2D eigenvalue weighted by Gasteiger charge is -2.18. The lowest BCUT2D eigenvalue weighted by molar-refractivity contribution is -0.384. The fourth-order valence-electron chi connectivity index (χ4n) is 2.60. The first kappa shape index (κ1) is 13.4. The summed E-state index contributed by atoms with van der Waals surface area (Å²) in [5.74, 6) is 0.843. The Kier molecular flexibility index (Phi) is 3.38. The number of hydrogen-bond donors (Lipinski definition) is 1. The Balaban J connectivity index is 1.79. The zero-order valence-electron chi connectivity index (χ0n) is 10.8. The maximum absolute atomic E-state index is 12.3. The molecular formula is C14H15ClN2O3. The summed E-state index contributed by atoms with van der Waals surface area (Å²) in [6, 6.07) is 4.53. The highest BCUT2D eigenvalue weighted by Gasteiger charge is 2.42. The van der Waals surface area contributed by atoms with Crippen LogP contribution in [0.3, 0.4) is 0 Å². The van der Waals surface area contributed by atoms with Gasteiger partial charge in [-0.15, -0.1) is 0 Å². The average molecular weight is 295 g/mol. The molecule has 106 valence electrons. The molecule has 0 radical (unpaired) electrons. The molecule has 0 heterocycles. The third kappa shape index (κ3) is 2.63. The molecule has 1 aromatic rings. The predicted octanol–water partition coefficient (Wildman–Crippen LogP) is 3.17. The molecule has 3 rings (SSSR count). The topological polar surface area (TPSA) is 72.2 Å². The number of carbonyl (C=O) groups excluding carboxylic acids is 1. The standard InChI is InChI=1S/C14H15ClN2O3/c15-12-10(2-1-3-11(12)17(19)20)14(18)16-13(8-4-5-8)9-6-7-9/h1-3,8-9,13H,4-7H2,(H,16,18). The normalized spacial score (nSPS) is 18.1. The summed E-state index contributed by atoms with van der Waals surface area (Å²) in [6.45, 7) is 0. The molecule has 1 aromatic carbocycles. The molecule has 0 saturated heterocycles. The number of nitro groups is 1. The van der Waals surface area contributed by atoms with Crippen LogP contribution in [-0.4, -0.2) is 16.9 Å². The smallest absolute Gasteiger partial charge is 0.288 e. The minimum Gasteiger partial charge on any atom is -0.349 e. The van der Waals surface area contributed by atoms with E-state index in [2.05, 4.69) is 5.32 Å². The molecular weight excluding hydrogens is 280 g/mol. The van der Waals surface area contributed by atoms with Crippen molar-refractivity contribution in [3.05, 3.63) is 38.9 Å². The fourth-order valence-corrected chi connectivity index (χ4v) is 2.88. The lowest BCUT2D eigenvalue weighted by atomic mass is 10.1. The Hall–Kier alpha value is -1.62. The molecule has 0 spiro atoms. The van der Waals surface area contributed by atoms with E-state index in [4.69, 9.17) is 11.6 Å². The van der Waals surface area contributed by atoms with E-state index >= 15 is 0 Å². The van der Waals surface area contributed by atoms with Crippen molar-refractivity contribution in [2.24, 2.45) is 11.8 Å². The summed E-state index contributed by atoms with van der Waals surface area (Å²) in [5.41, 5.74) is -0.0409. The van der Waals surface area contributed by atoms with Gasteiger partial charge in [0.2, 0.25) is 0 Å². The van der Waals surface area contributed by atoms with E-state index in [0.717, 1.165) is 25.7 Å². The highest BCUT2D eigenvalue weighted by Crippen LogP contribution is 2.44. The maximum Gasteiger partial charge on any atom is 0.288 e. The molecule has 0 unspecified atom stereocenters. The Morgan fingerprint density at radius 2 is 1.90 bits per heavy atom.